The van der Waals surface area contributed by atoms with E-state index in [1.54, 1.807) is 0 Å². The van der Waals surface area contributed by atoms with Gasteiger partial charge in [0, 0.05) is 0 Å². The predicted octanol–water partition coefficient (Wildman–Crippen LogP) is 31.8. The summed E-state index contributed by atoms with van der Waals surface area (Å²) < 4.78 is 0. The molecule has 0 aromatic carbocycles. The highest BCUT2D eigenvalue weighted by Gasteiger charge is 1.94. The molecular formula is C77H168. The van der Waals surface area contributed by atoms with E-state index < -0.39 is 0 Å². The first kappa shape index (κ1) is 90.8. The third-order valence-corrected chi connectivity index (χ3v) is 15.4. The topological polar surface area (TPSA) is 0 Å². The smallest absolute Gasteiger partial charge is 0.0533 e. The standard InChI is InChI=1S/7C11H24/c7*1-3-5-7-9-11-10-8-6-4-2/h7*3-11H2,1-2H3. The van der Waals surface area contributed by atoms with Crippen LogP contribution in [0.3, 0.4) is 0 Å². The number of unbranched alkanes of at least 4 members (excludes halogenated alkanes) is 56. The van der Waals surface area contributed by atoms with Gasteiger partial charge >= 0.3 is 0 Å². The minimum absolute atomic E-state index is 1.37. The van der Waals surface area contributed by atoms with Crippen LogP contribution in [0.5, 0.6) is 0 Å². The zero-order valence-corrected chi connectivity index (χ0v) is 58.5. The highest BCUT2D eigenvalue weighted by atomic mass is 14.0. The average Bonchev–Trinajstić information content (AvgIpc) is 3.45. The van der Waals surface area contributed by atoms with E-state index >= 15 is 0 Å². The molecule has 0 heteroatoms. The molecule has 0 fully saturated rings. The Hall–Kier alpha value is 0. The third-order valence-electron chi connectivity index (χ3n) is 15.4. The van der Waals surface area contributed by atoms with Gasteiger partial charge < -0.3 is 0 Å². The molecule has 476 valence electrons. The van der Waals surface area contributed by atoms with Crippen molar-refractivity contribution in [1.29, 1.82) is 0 Å². The van der Waals surface area contributed by atoms with E-state index in [0.717, 1.165) is 0 Å². The molecule has 77 heavy (non-hydrogen) atoms. The summed E-state index contributed by atoms with van der Waals surface area (Å²) in [5.41, 5.74) is 0. The minimum Gasteiger partial charge on any atom is -0.0654 e. The van der Waals surface area contributed by atoms with Crippen molar-refractivity contribution in [3.05, 3.63) is 0 Å². The van der Waals surface area contributed by atoms with Crippen molar-refractivity contribution in [2.24, 2.45) is 0 Å². The van der Waals surface area contributed by atoms with Crippen LogP contribution in [-0.4, -0.2) is 0 Å². The maximum absolute atomic E-state index is 2.27. The summed E-state index contributed by atoms with van der Waals surface area (Å²) in [5, 5.41) is 0. The van der Waals surface area contributed by atoms with E-state index in [9.17, 15) is 0 Å². The molecule has 0 saturated heterocycles. The lowest BCUT2D eigenvalue weighted by Crippen LogP contribution is -1.79. The van der Waals surface area contributed by atoms with Crippen LogP contribution >= 0.6 is 0 Å². The predicted molar refractivity (Wildman–Crippen MR) is 370 cm³/mol. The van der Waals surface area contributed by atoms with Gasteiger partial charge in [-0.25, -0.2) is 0 Å². The van der Waals surface area contributed by atoms with Gasteiger partial charge in [0.1, 0.15) is 0 Å². The fraction of sp³-hybridized carbons (Fsp3) is 1.00. The molecule has 0 aliphatic carbocycles. The zero-order chi connectivity index (χ0) is 58.5. The van der Waals surface area contributed by atoms with Crippen LogP contribution in [0.2, 0.25) is 0 Å². The molecule has 0 heterocycles. The number of hydrogen-bond donors (Lipinski definition) is 0. The van der Waals surface area contributed by atoms with Crippen LogP contribution in [-0.2, 0) is 0 Å². The molecule has 0 spiro atoms. The first-order valence-electron chi connectivity index (χ1n) is 37.9. The molecule has 0 aromatic rings. The zero-order valence-electron chi connectivity index (χ0n) is 58.5. The molecule has 0 radical (unpaired) electrons. The molecule has 0 aliphatic rings. The SMILES string of the molecule is CCCCCCCCCCC.CCCCCCCCCCC.CCCCCCCCCCC.CCCCCCCCCCC.CCCCCCCCCCC.CCCCCCCCCCC.CCCCCCCCCCC. The largest absolute Gasteiger partial charge is 0.0654 e. The number of hydrogen-bond acceptors (Lipinski definition) is 0. The van der Waals surface area contributed by atoms with Crippen LogP contribution in [0.4, 0.5) is 0 Å². The normalized spacial score (nSPS) is 10.4. The molecule has 0 aromatic heterocycles. The molecule has 0 amide bonds. The van der Waals surface area contributed by atoms with E-state index in [0.29, 0.717) is 0 Å². The second-order valence-electron chi connectivity index (χ2n) is 24.3. The van der Waals surface area contributed by atoms with Gasteiger partial charge in [-0.05, 0) is 0 Å². The summed E-state index contributed by atoms with van der Waals surface area (Å²) in [7, 11) is 0. The quantitative estimate of drug-likeness (QED) is 0.0533. The maximum Gasteiger partial charge on any atom is -0.0533 e. The van der Waals surface area contributed by atoms with Gasteiger partial charge in [-0.15, -0.1) is 0 Å². The van der Waals surface area contributed by atoms with Crippen LogP contribution < -0.4 is 0 Å². The Morgan fingerprint density at radius 1 is 0.0649 bits per heavy atom. The van der Waals surface area contributed by atoms with Gasteiger partial charge in [0.25, 0.3) is 0 Å². The van der Waals surface area contributed by atoms with E-state index in [2.05, 4.69) is 96.9 Å². The molecular weight excluding hydrogens is 925 g/mol. The number of rotatable bonds is 56. The fourth-order valence-electron chi connectivity index (χ4n) is 9.69. The van der Waals surface area contributed by atoms with Crippen molar-refractivity contribution in [3.63, 3.8) is 0 Å². The van der Waals surface area contributed by atoms with Gasteiger partial charge in [0.15, 0.2) is 0 Å². The maximum atomic E-state index is 2.27. The molecule has 0 saturated carbocycles. The lowest BCUT2D eigenvalue weighted by atomic mass is 10.1. The minimum atomic E-state index is 1.37. The van der Waals surface area contributed by atoms with Crippen molar-refractivity contribution >= 4 is 0 Å². The Balaban J connectivity index is -0.000000148. The third kappa shape index (κ3) is 133. The lowest BCUT2D eigenvalue weighted by molar-refractivity contribution is 0.572. The van der Waals surface area contributed by atoms with Crippen molar-refractivity contribution in [2.75, 3.05) is 0 Å². The molecule has 0 bridgehead atoms. The molecule has 0 N–H and O–H groups in total. The van der Waals surface area contributed by atoms with Gasteiger partial charge in [-0.2, -0.15) is 0 Å². The van der Waals surface area contributed by atoms with Crippen LogP contribution in [0.1, 0.15) is 501 Å². The lowest BCUT2D eigenvalue weighted by Gasteiger charge is -1.98. The van der Waals surface area contributed by atoms with Crippen molar-refractivity contribution in [1.82, 2.24) is 0 Å². The van der Waals surface area contributed by atoms with E-state index in [4.69, 9.17) is 0 Å². The van der Waals surface area contributed by atoms with Gasteiger partial charge in [-0.3, -0.25) is 0 Å². The Bertz CT molecular complexity index is 520. The highest BCUT2D eigenvalue weighted by Crippen LogP contribution is 2.14. The first-order chi connectivity index (χ1) is 37.9. The second kappa shape index (κ2) is 108. The van der Waals surface area contributed by atoms with Gasteiger partial charge in [0.05, 0.1) is 0 Å². The summed E-state index contributed by atoms with van der Waals surface area (Å²) in [4.78, 5) is 0. The fourth-order valence-corrected chi connectivity index (χ4v) is 9.69. The molecule has 0 unspecified atom stereocenters. The second-order valence-corrected chi connectivity index (χ2v) is 24.3. The average molecular weight is 1090 g/mol. The van der Waals surface area contributed by atoms with Crippen LogP contribution in [0, 0.1) is 0 Å². The monoisotopic (exact) mass is 1090 g/mol. The Morgan fingerprint density at radius 3 is 0.143 bits per heavy atom. The summed E-state index contributed by atoms with van der Waals surface area (Å²) in [6, 6.07) is 0. The van der Waals surface area contributed by atoms with Gasteiger partial charge in [-0.1, -0.05) is 501 Å². The summed E-state index contributed by atoms with van der Waals surface area (Å²) in [6.07, 6.45) is 90.7. The first-order valence-corrected chi connectivity index (χ1v) is 37.9. The van der Waals surface area contributed by atoms with Gasteiger partial charge in [0.2, 0.25) is 0 Å². The van der Waals surface area contributed by atoms with E-state index in [1.807, 2.05) is 0 Å². The highest BCUT2D eigenvalue weighted by molar-refractivity contribution is 4.50. The van der Waals surface area contributed by atoms with Crippen molar-refractivity contribution in [2.45, 2.75) is 501 Å². The van der Waals surface area contributed by atoms with E-state index in [1.165, 1.54) is 405 Å². The molecule has 0 nitrogen and oxygen atoms in total. The molecule has 0 atom stereocenters. The van der Waals surface area contributed by atoms with Crippen molar-refractivity contribution in [3.8, 4) is 0 Å². The van der Waals surface area contributed by atoms with Crippen molar-refractivity contribution < 1.29 is 0 Å². The molecule has 0 aliphatic heterocycles. The van der Waals surface area contributed by atoms with E-state index in [-0.39, 0.29) is 0 Å². The Kier molecular flexibility index (Phi) is 127. The van der Waals surface area contributed by atoms with Crippen LogP contribution in [0.15, 0.2) is 0 Å². The Labute approximate surface area is 499 Å². The molecule has 0 rings (SSSR count). The summed E-state index contributed by atoms with van der Waals surface area (Å²) in [6.45, 7) is 31.8. The van der Waals surface area contributed by atoms with Crippen LogP contribution in [0.25, 0.3) is 0 Å². The summed E-state index contributed by atoms with van der Waals surface area (Å²) in [5.74, 6) is 0. The summed E-state index contributed by atoms with van der Waals surface area (Å²) >= 11 is 0. The Morgan fingerprint density at radius 2 is 0.104 bits per heavy atom.